The molecule has 30 heavy (non-hydrogen) atoms. The number of hydrogen-bond donors (Lipinski definition) is 1. The maximum Gasteiger partial charge on any atom is 0.236 e. The maximum atomic E-state index is 12.3. The Bertz CT molecular complexity index is 1140. The highest BCUT2D eigenvalue weighted by atomic mass is 35.5. The number of anilines is 1. The molecule has 2 aromatic heterocycles. The van der Waals surface area contributed by atoms with Gasteiger partial charge in [0, 0.05) is 22.5 Å². The summed E-state index contributed by atoms with van der Waals surface area (Å²) in [5.74, 6) is 0.0177. The Morgan fingerprint density at radius 1 is 1.17 bits per heavy atom. The number of rotatable bonds is 7. The molecule has 4 rings (SSSR count). The van der Waals surface area contributed by atoms with Gasteiger partial charge in [-0.05, 0) is 47.2 Å². The van der Waals surface area contributed by atoms with E-state index in [9.17, 15) is 4.79 Å². The fourth-order valence-electron chi connectivity index (χ4n) is 2.65. The monoisotopic (exact) mass is 456 g/mol. The molecule has 0 bridgehead atoms. The van der Waals surface area contributed by atoms with Crippen LogP contribution in [0, 0.1) is 6.92 Å². The van der Waals surface area contributed by atoms with Gasteiger partial charge < -0.3 is 5.32 Å². The highest BCUT2D eigenvalue weighted by Crippen LogP contribution is 2.23. The Morgan fingerprint density at radius 3 is 2.70 bits per heavy atom. The van der Waals surface area contributed by atoms with Crippen molar-refractivity contribution in [2.24, 2.45) is 0 Å². The number of carbonyl (C=O) groups is 1. The number of thiazole rings is 1. The van der Waals surface area contributed by atoms with Crippen LogP contribution in [0.15, 0.2) is 59.9 Å². The number of thioether (sulfide) groups is 1. The number of tetrazole rings is 1. The number of halogens is 1. The van der Waals surface area contributed by atoms with Gasteiger partial charge in [0.15, 0.2) is 5.13 Å². The second kappa shape index (κ2) is 9.38. The van der Waals surface area contributed by atoms with Crippen LogP contribution in [0.3, 0.4) is 0 Å². The number of aryl methyl sites for hydroxylation is 1. The normalized spacial score (nSPS) is 10.9. The first-order valence-electron chi connectivity index (χ1n) is 9.04. The molecule has 0 spiro atoms. The predicted octanol–water partition coefficient (Wildman–Crippen LogP) is 4.40. The number of amides is 1. The van der Waals surface area contributed by atoms with Gasteiger partial charge in [0.25, 0.3) is 0 Å². The average Bonchev–Trinajstić information content (AvgIpc) is 3.38. The molecule has 0 fully saturated rings. The van der Waals surface area contributed by atoms with Crippen molar-refractivity contribution in [1.82, 2.24) is 25.2 Å². The number of nitrogens with one attached hydrogen (secondary N) is 1. The van der Waals surface area contributed by atoms with Crippen LogP contribution in [-0.4, -0.2) is 36.9 Å². The van der Waals surface area contributed by atoms with E-state index in [0.717, 1.165) is 28.1 Å². The third-order valence-electron chi connectivity index (χ3n) is 4.14. The lowest BCUT2D eigenvalue weighted by Crippen LogP contribution is -2.14. The molecule has 4 aromatic rings. The topological polar surface area (TPSA) is 85.6 Å². The van der Waals surface area contributed by atoms with E-state index in [1.54, 1.807) is 10.9 Å². The molecule has 152 valence electrons. The maximum absolute atomic E-state index is 12.3. The lowest BCUT2D eigenvalue weighted by Gasteiger charge is -2.04. The molecule has 0 unspecified atom stereocenters. The van der Waals surface area contributed by atoms with Crippen molar-refractivity contribution in [1.29, 1.82) is 0 Å². The molecule has 0 saturated heterocycles. The molecule has 0 saturated carbocycles. The number of nitrogens with zero attached hydrogens (tertiary/aromatic N) is 5. The average molecular weight is 457 g/mol. The summed E-state index contributed by atoms with van der Waals surface area (Å²) in [6.07, 6.45) is 2.52. The van der Waals surface area contributed by atoms with E-state index >= 15 is 0 Å². The van der Waals surface area contributed by atoms with Crippen LogP contribution < -0.4 is 5.32 Å². The lowest BCUT2D eigenvalue weighted by molar-refractivity contribution is -0.113. The standard InChI is InChI=1S/C20H17ClN6OS2/c1-13-2-8-16(9-3-13)27-20(24-25-26-27)29-12-18(28)23-19-22-11-17(30-19)10-14-4-6-15(21)7-5-14/h2-9,11H,10,12H2,1H3,(H,22,23,28). The van der Waals surface area contributed by atoms with E-state index in [1.165, 1.54) is 23.1 Å². The van der Waals surface area contributed by atoms with Crippen LogP contribution >= 0.6 is 34.7 Å². The molecule has 1 N–H and O–H groups in total. The molecule has 2 aromatic carbocycles. The summed E-state index contributed by atoms with van der Waals surface area (Å²) in [4.78, 5) is 17.7. The van der Waals surface area contributed by atoms with E-state index in [0.29, 0.717) is 15.3 Å². The molecule has 10 heteroatoms. The van der Waals surface area contributed by atoms with Gasteiger partial charge in [0.2, 0.25) is 11.1 Å². The molecular formula is C20H17ClN6OS2. The van der Waals surface area contributed by atoms with Crippen LogP contribution in [-0.2, 0) is 11.2 Å². The van der Waals surface area contributed by atoms with Gasteiger partial charge in [-0.25, -0.2) is 4.98 Å². The van der Waals surface area contributed by atoms with Crippen LogP contribution in [0.25, 0.3) is 5.69 Å². The Hall–Kier alpha value is -2.75. The van der Waals surface area contributed by atoms with Crippen LogP contribution in [0.5, 0.6) is 0 Å². The van der Waals surface area contributed by atoms with Crippen molar-refractivity contribution >= 4 is 45.7 Å². The van der Waals surface area contributed by atoms with E-state index < -0.39 is 0 Å². The first kappa shape index (κ1) is 20.5. The van der Waals surface area contributed by atoms with Crippen LogP contribution in [0.4, 0.5) is 5.13 Å². The largest absolute Gasteiger partial charge is 0.301 e. The first-order chi connectivity index (χ1) is 14.6. The lowest BCUT2D eigenvalue weighted by atomic mass is 10.1. The van der Waals surface area contributed by atoms with E-state index in [1.807, 2.05) is 55.5 Å². The van der Waals surface area contributed by atoms with Gasteiger partial charge in [-0.3, -0.25) is 4.79 Å². The molecule has 0 aliphatic carbocycles. The van der Waals surface area contributed by atoms with Crippen molar-refractivity contribution in [2.75, 3.05) is 11.1 Å². The highest BCUT2D eigenvalue weighted by molar-refractivity contribution is 7.99. The fourth-order valence-corrected chi connectivity index (χ4v) is 4.33. The summed E-state index contributed by atoms with van der Waals surface area (Å²) in [6.45, 7) is 2.02. The molecule has 7 nitrogen and oxygen atoms in total. The molecule has 0 aliphatic rings. The van der Waals surface area contributed by atoms with Gasteiger partial charge in [-0.1, -0.05) is 53.2 Å². The molecule has 0 aliphatic heterocycles. The zero-order chi connectivity index (χ0) is 20.9. The number of aromatic nitrogens is 5. The van der Waals surface area contributed by atoms with Crippen molar-refractivity contribution < 1.29 is 4.79 Å². The third kappa shape index (κ3) is 5.24. The highest BCUT2D eigenvalue weighted by Gasteiger charge is 2.13. The van der Waals surface area contributed by atoms with Gasteiger partial charge in [0.1, 0.15) is 0 Å². The third-order valence-corrected chi connectivity index (χ3v) is 6.23. The summed E-state index contributed by atoms with van der Waals surface area (Å²) in [6, 6.07) is 15.5. The predicted molar refractivity (Wildman–Crippen MR) is 120 cm³/mol. The number of hydrogen-bond acceptors (Lipinski definition) is 7. The smallest absolute Gasteiger partial charge is 0.236 e. The zero-order valence-corrected chi connectivity index (χ0v) is 18.3. The molecule has 0 radical (unpaired) electrons. The second-order valence-corrected chi connectivity index (χ2v) is 8.97. The van der Waals surface area contributed by atoms with Gasteiger partial charge in [-0.2, -0.15) is 4.68 Å². The van der Waals surface area contributed by atoms with Crippen molar-refractivity contribution in [3.05, 3.63) is 75.8 Å². The minimum Gasteiger partial charge on any atom is -0.301 e. The summed E-state index contributed by atoms with van der Waals surface area (Å²) in [7, 11) is 0. The summed E-state index contributed by atoms with van der Waals surface area (Å²) < 4.78 is 1.62. The summed E-state index contributed by atoms with van der Waals surface area (Å²) >= 11 is 8.64. The quantitative estimate of drug-likeness (QED) is 0.415. The second-order valence-electron chi connectivity index (χ2n) is 6.48. The zero-order valence-electron chi connectivity index (χ0n) is 15.9. The van der Waals surface area contributed by atoms with Gasteiger partial charge in [0.05, 0.1) is 11.4 Å². The van der Waals surface area contributed by atoms with Crippen molar-refractivity contribution in [3.63, 3.8) is 0 Å². The molecule has 0 atom stereocenters. The molecular weight excluding hydrogens is 440 g/mol. The van der Waals surface area contributed by atoms with Gasteiger partial charge in [-0.15, -0.1) is 16.4 Å². The van der Waals surface area contributed by atoms with Gasteiger partial charge >= 0.3 is 0 Å². The minimum absolute atomic E-state index is 0.161. The van der Waals surface area contributed by atoms with Crippen LogP contribution in [0.2, 0.25) is 5.02 Å². The number of benzene rings is 2. The van der Waals surface area contributed by atoms with Crippen LogP contribution in [0.1, 0.15) is 16.0 Å². The van der Waals surface area contributed by atoms with Crippen molar-refractivity contribution in [3.8, 4) is 5.69 Å². The van der Waals surface area contributed by atoms with E-state index in [-0.39, 0.29) is 11.7 Å². The minimum atomic E-state index is -0.161. The molecule has 2 heterocycles. The summed E-state index contributed by atoms with van der Waals surface area (Å²) in [5.41, 5.74) is 3.14. The Morgan fingerprint density at radius 2 is 1.93 bits per heavy atom. The Labute approximate surface area is 186 Å². The van der Waals surface area contributed by atoms with E-state index in [2.05, 4.69) is 25.8 Å². The Balaban J connectivity index is 1.33. The van der Waals surface area contributed by atoms with Crippen molar-refractivity contribution in [2.45, 2.75) is 18.5 Å². The summed E-state index contributed by atoms with van der Waals surface area (Å²) in [5, 5.41) is 16.4. The van der Waals surface area contributed by atoms with E-state index in [4.69, 9.17) is 11.6 Å². The first-order valence-corrected chi connectivity index (χ1v) is 11.2. The number of carbonyl (C=O) groups excluding carboxylic acids is 1. The SMILES string of the molecule is Cc1ccc(-n2nnnc2SCC(=O)Nc2ncc(Cc3ccc(Cl)cc3)s2)cc1. The Kier molecular flexibility index (Phi) is 6.41. The fraction of sp³-hybridized carbons (Fsp3) is 0.150. The molecule has 1 amide bonds.